The quantitative estimate of drug-likeness (QED) is 0.451. The van der Waals surface area contributed by atoms with Crippen LogP contribution in [-0.4, -0.2) is 50.0 Å². The van der Waals surface area contributed by atoms with Crippen molar-refractivity contribution in [3.8, 4) is 0 Å². The molecule has 4 saturated carbocycles. The van der Waals surface area contributed by atoms with Crippen LogP contribution in [0.15, 0.2) is 54.7 Å². The summed E-state index contributed by atoms with van der Waals surface area (Å²) >= 11 is 0. The van der Waals surface area contributed by atoms with E-state index in [1.165, 1.54) is 12.0 Å². The first-order valence-electron chi connectivity index (χ1n) is 14.3. The Bertz CT molecular complexity index is 1370. The number of carbonyl (C=O) groups is 2. The predicted octanol–water partition coefficient (Wildman–Crippen LogP) is 5.86. The van der Waals surface area contributed by atoms with Crippen LogP contribution in [0.1, 0.15) is 55.7 Å². The first-order valence-corrected chi connectivity index (χ1v) is 14.3. The van der Waals surface area contributed by atoms with Gasteiger partial charge < -0.3 is 15.0 Å². The summed E-state index contributed by atoms with van der Waals surface area (Å²) in [6.07, 6.45) is 7.93. The Morgan fingerprint density at radius 3 is 2.34 bits per heavy atom. The summed E-state index contributed by atoms with van der Waals surface area (Å²) in [5.74, 6) is 2.13. The molecule has 1 aromatic heterocycles. The van der Waals surface area contributed by atoms with Crippen LogP contribution in [0.2, 0.25) is 0 Å². The van der Waals surface area contributed by atoms with Gasteiger partial charge in [0, 0.05) is 42.7 Å². The maximum Gasteiger partial charge on any atom is 0.408 e. The minimum absolute atomic E-state index is 0.0616. The second-order valence-corrected chi connectivity index (χ2v) is 12.6. The van der Waals surface area contributed by atoms with Gasteiger partial charge in [-0.05, 0) is 91.9 Å². The first kappa shape index (κ1) is 23.8. The van der Waals surface area contributed by atoms with Gasteiger partial charge in [-0.1, -0.05) is 42.5 Å². The monoisotopic (exact) mass is 511 g/mol. The molecule has 2 heterocycles. The SMILES string of the molecule is CC(Cc1c[nH]c2ccccc12)(C(=O)N1CCc2ccccc2C1)N(C(=O)O)C1C2CC3CC(C2)CC1C3. The third kappa shape index (κ3) is 3.75. The molecule has 4 bridgehead atoms. The molecule has 8 rings (SSSR count). The van der Waals surface area contributed by atoms with Crippen molar-refractivity contribution < 1.29 is 14.7 Å². The van der Waals surface area contributed by atoms with E-state index < -0.39 is 11.6 Å². The second kappa shape index (κ2) is 8.89. The number of amides is 2. The fourth-order valence-corrected chi connectivity index (χ4v) is 8.91. The van der Waals surface area contributed by atoms with Gasteiger partial charge in [-0.25, -0.2) is 4.79 Å². The zero-order chi connectivity index (χ0) is 26.0. The summed E-state index contributed by atoms with van der Waals surface area (Å²) in [5, 5.41) is 11.9. The molecule has 0 spiro atoms. The molecule has 6 nitrogen and oxygen atoms in total. The summed E-state index contributed by atoms with van der Waals surface area (Å²) in [5.41, 5.74) is 3.28. The van der Waals surface area contributed by atoms with Crippen molar-refractivity contribution in [2.75, 3.05) is 6.54 Å². The minimum Gasteiger partial charge on any atom is -0.465 e. The van der Waals surface area contributed by atoms with Crippen LogP contribution in [0.3, 0.4) is 0 Å². The average Bonchev–Trinajstić information content (AvgIpc) is 3.31. The minimum atomic E-state index is -1.19. The fourth-order valence-electron chi connectivity index (χ4n) is 8.91. The lowest BCUT2D eigenvalue weighted by molar-refractivity contribution is -0.151. The molecule has 5 aliphatic rings. The molecule has 198 valence electrons. The van der Waals surface area contributed by atoms with Gasteiger partial charge in [0.25, 0.3) is 0 Å². The van der Waals surface area contributed by atoms with Crippen LogP contribution < -0.4 is 0 Å². The van der Waals surface area contributed by atoms with Gasteiger partial charge >= 0.3 is 6.09 Å². The lowest BCUT2D eigenvalue weighted by atomic mass is 9.53. The molecule has 1 aliphatic heterocycles. The number of H-pyrrole nitrogens is 1. The van der Waals surface area contributed by atoms with E-state index in [4.69, 9.17) is 0 Å². The first-order chi connectivity index (χ1) is 18.4. The van der Waals surface area contributed by atoms with E-state index in [0.717, 1.165) is 66.0 Å². The highest BCUT2D eigenvalue weighted by Gasteiger charge is 2.57. The summed E-state index contributed by atoms with van der Waals surface area (Å²) in [4.78, 5) is 34.9. The van der Waals surface area contributed by atoms with E-state index in [2.05, 4.69) is 29.2 Å². The largest absolute Gasteiger partial charge is 0.465 e. The second-order valence-electron chi connectivity index (χ2n) is 12.6. The number of carboxylic acid groups (broad SMARTS) is 1. The molecule has 1 unspecified atom stereocenters. The van der Waals surface area contributed by atoms with Crippen LogP contribution >= 0.6 is 0 Å². The van der Waals surface area contributed by atoms with Crippen molar-refractivity contribution in [1.82, 2.24) is 14.8 Å². The van der Waals surface area contributed by atoms with E-state index in [1.54, 1.807) is 4.90 Å². The summed E-state index contributed by atoms with van der Waals surface area (Å²) in [6.45, 7) is 3.07. The smallest absolute Gasteiger partial charge is 0.408 e. The van der Waals surface area contributed by atoms with Gasteiger partial charge in [0.2, 0.25) is 5.91 Å². The molecule has 2 N–H and O–H groups in total. The number of para-hydroxylation sites is 1. The zero-order valence-corrected chi connectivity index (χ0v) is 22.1. The molecule has 4 fully saturated rings. The van der Waals surface area contributed by atoms with E-state index in [9.17, 15) is 14.7 Å². The molecule has 1 atom stereocenters. The number of nitrogens with one attached hydrogen (secondary N) is 1. The number of fused-ring (bicyclic) bond motifs is 2. The Hall–Kier alpha value is -3.28. The van der Waals surface area contributed by atoms with Crippen LogP contribution in [0.5, 0.6) is 0 Å². The summed E-state index contributed by atoms with van der Waals surface area (Å²) in [7, 11) is 0. The standard InChI is InChI=1S/C32H37N3O3/c1-32(17-26-18-33-28-9-5-4-8-27(26)28,30(36)34-11-10-22-6-2-3-7-23(22)19-34)35(31(37)38)29-24-13-20-12-21(15-24)16-25(29)14-20/h2-9,18,20-21,24-25,29,33H,10-17,19H2,1H3,(H,37,38). The van der Waals surface area contributed by atoms with Gasteiger partial charge in [0.05, 0.1) is 0 Å². The lowest BCUT2D eigenvalue weighted by Crippen LogP contribution is -2.68. The Morgan fingerprint density at radius 2 is 1.63 bits per heavy atom. The van der Waals surface area contributed by atoms with Crippen molar-refractivity contribution >= 4 is 22.9 Å². The number of hydrogen-bond donors (Lipinski definition) is 2. The Balaban J connectivity index is 1.30. The van der Waals surface area contributed by atoms with Gasteiger partial charge in [-0.2, -0.15) is 0 Å². The highest BCUT2D eigenvalue weighted by Crippen LogP contribution is 2.56. The van der Waals surface area contributed by atoms with Gasteiger partial charge in [-0.3, -0.25) is 9.69 Å². The van der Waals surface area contributed by atoms with E-state index in [0.29, 0.717) is 31.3 Å². The van der Waals surface area contributed by atoms with Crippen LogP contribution in [-0.2, 0) is 24.2 Å². The third-order valence-corrected chi connectivity index (χ3v) is 10.3. The number of benzene rings is 2. The third-order valence-electron chi connectivity index (χ3n) is 10.3. The topological polar surface area (TPSA) is 76.6 Å². The molecular formula is C32H37N3O3. The van der Waals surface area contributed by atoms with Crippen LogP contribution in [0.25, 0.3) is 10.9 Å². The van der Waals surface area contributed by atoms with Crippen molar-refractivity contribution in [1.29, 1.82) is 0 Å². The van der Waals surface area contributed by atoms with E-state index in [1.807, 2.05) is 42.3 Å². The van der Waals surface area contributed by atoms with Gasteiger partial charge in [0.1, 0.15) is 5.54 Å². The van der Waals surface area contributed by atoms with Gasteiger partial charge in [0.15, 0.2) is 0 Å². The molecule has 2 amide bonds. The number of hydrogen-bond acceptors (Lipinski definition) is 2. The van der Waals surface area contributed by atoms with Crippen molar-refractivity contribution in [3.63, 3.8) is 0 Å². The van der Waals surface area contributed by atoms with Crippen molar-refractivity contribution in [2.24, 2.45) is 23.7 Å². The molecular weight excluding hydrogens is 474 g/mol. The summed E-state index contributed by atoms with van der Waals surface area (Å²) in [6, 6.07) is 16.3. The highest BCUT2D eigenvalue weighted by atomic mass is 16.4. The van der Waals surface area contributed by atoms with Crippen LogP contribution in [0.4, 0.5) is 4.79 Å². The average molecular weight is 512 g/mol. The van der Waals surface area contributed by atoms with E-state index >= 15 is 0 Å². The molecule has 38 heavy (non-hydrogen) atoms. The van der Waals surface area contributed by atoms with E-state index in [-0.39, 0.29) is 11.9 Å². The highest BCUT2D eigenvalue weighted by molar-refractivity contribution is 5.92. The van der Waals surface area contributed by atoms with Gasteiger partial charge in [-0.15, -0.1) is 0 Å². The molecule has 4 aliphatic carbocycles. The number of rotatable bonds is 5. The molecule has 0 saturated heterocycles. The van der Waals surface area contributed by atoms with Crippen molar-refractivity contribution in [2.45, 2.75) is 70.0 Å². The summed E-state index contributed by atoms with van der Waals surface area (Å²) < 4.78 is 0. The maximum absolute atomic E-state index is 14.7. The zero-order valence-electron chi connectivity index (χ0n) is 22.1. The normalized spacial score (nSPS) is 29.2. The number of nitrogens with zero attached hydrogens (tertiary/aromatic N) is 2. The Kier molecular flexibility index (Phi) is 5.57. The molecule has 0 radical (unpaired) electrons. The number of carbonyl (C=O) groups excluding carboxylic acids is 1. The van der Waals surface area contributed by atoms with Crippen molar-refractivity contribution in [3.05, 3.63) is 71.4 Å². The molecule has 6 heteroatoms. The molecule has 2 aromatic carbocycles. The van der Waals surface area contributed by atoms with Crippen LogP contribution in [0, 0.1) is 23.7 Å². The fraction of sp³-hybridized carbons (Fsp3) is 0.500. The Morgan fingerprint density at radius 1 is 0.974 bits per heavy atom. The molecule has 3 aromatic rings. The number of aromatic nitrogens is 1. The predicted molar refractivity (Wildman–Crippen MR) is 147 cm³/mol. The number of aromatic amines is 1. The lowest BCUT2D eigenvalue weighted by Gasteiger charge is -2.59. The maximum atomic E-state index is 14.7. The Labute approximate surface area is 224 Å².